The Bertz CT molecular complexity index is 2520. The fourth-order valence-corrected chi connectivity index (χ4v) is 7.52. The van der Waals surface area contributed by atoms with Crippen molar-refractivity contribution in [1.82, 2.24) is 0 Å². The van der Waals surface area contributed by atoms with Crippen LogP contribution in [0.3, 0.4) is 0 Å². The van der Waals surface area contributed by atoms with Crippen LogP contribution in [0.25, 0.3) is 44.5 Å². The number of para-hydroxylation sites is 1. The van der Waals surface area contributed by atoms with E-state index in [1.807, 2.05) is 49.1 Å². The second-order valence-corrected chi connectivity index (χ2v) is 13.7. The average Bonchev–Trinajstić information content (AvgIpc) is 3.21. The zero-order chi connectivity index (χ0) is 39.8. The van der Waals surface area contributed by atoms with E-state index < -0.39 is 74.7 Å². The van der Waals surface area contributed by atoms with Crippen LogP contribution in [-0.4, -0.2) is 0 Å². The Kier molecular flexibility index (Phi) is 8.78. The summed E-state index contributed by atoms with van der Waals surface area (Å²) < 4.78 is 146. The molecule has 0 saturated heterocycles. The molecule has 0 spiro atoms. The van der Waals surface area contributed by atoms with E-state index in [9.17, 15) is 26.3 Å². The van der Waals surface area contributed by atoms with Crippen molar-refractivity contribution in [2.24, 2.45) is 0 Å². The van der Waals surface area contributed by atoms with Gasteiger partial charge in [0.15, 0.2) is 46.5 Å². The molecular weight excluding hydrogens is 744 g/mol. The minimum Gasteiger partial charge on any atom is -0.310 e. The maximum absolute atomic E-state index is 15.2. The van der Waals surface area contributed by atoms with Crippen LogP contribution in [0, 0.1) is 58.2 Å². The SMILES string of the molecule is CC1(C)c2cc(-c3ccccc3-c3c(F)c(F)c(F)c(F)c3F)ccc2N(c2ccccc2)c2ccc(-c3ccccc3-c3c(F)c(F)c(F)c(F)c3F)cc21. The molecule has 0 bridgehead atoms. The van der Waals surface area contributed by atoms with Gasteiger partial charge in [-0.1, -0.05) is 92.7 Å². The van der Waals surface area contributed by atoms with Crippen LogP contribution >= 0.6 is 0 Å². The summed E-state index contributed by atoms with van der Waals surface area (Å²) in [6.07, 6.45) is 0. The Morgan fingerprint density at radius 1 is 0.357 bits per heavy atom. The molecule has 56 heavy (non-hydrogen) atoms. The van der Waals surface area contributed by atoms with Gasteiger partial charge in [0, 0.05) is 11.1 Å². The monoisotopic (exact) mass is 769 g/mol. The predicted octanol–water partition coefficient (Wildman–Crippen LogP) is 13.9. The van der Waals surface area contributed by atoms with Crippen molar-refractivity contribution in [1.29, 1.82) is 0 Å². The molecule has 0 radical (unpaired) electrons. The lowest BCUT2D eigenvalue weighted by molar-refractivity contribution is 0.381. The van der Waals surface area contributed by atoms with Gasteiger partial charge in [0.1, 0.15) is 0 Å². The number of nitrogens with zero attached hydrogens (tertiary/aromatic N) is 1. The first-order chi connectivity index (χ1) is 26.7. The van der Waals surface area contributed by atoms with Gasteiger partial charge in [0.25, 0.3) is 0 Å². The van der Waals surface area contributed by atoms with Crippen molar-refractivity contribution in [3.63, 3.8) is 0 Å². The molecule has 0 atom stereocenters. The molecule has 1 heterocycles. The van der Waals surface area contributed by atoms with E-state index in [0.717, 1.165) is 5.69 Å². The third kappa shape index (κ3) is 5.47. The third-order valence-electron chi connectivity index (χ3n) is 10.3. The molecule has 8 rings (SSSR count). The maximum Gasteiger partial charge on any atom is 0.200 e. The van der Waals surface area contributed by atoms with E-state index in [2.05, 4.69) is 0 Å². The first-order valence-corrected chi connectivity index (χ1v) is 17.1. The summed E-state index contributed by atoms with van der Waals surface area (Å²) in [5.74, 6) is -20.8. The highest BCUT2D eigenvalue weighted by Gasteiger charge is 2.38. The largest absolute Gasteiger partial charge is 0.310 e. The normalized spacial score (nSPS) is 13.1. The van der Waals surface area contributed by atoms with Crippen LogP contribution in [0.1, 0.15) is 25.0 Å². The molecule has 0 amide bonds. The molecule has 280 valence electrons. The molecule has 0 N–H and O–H groups in total. The summed E-state index contributed by atoms with van der Waals surface area (Å²) in [5.41, 5.74) is 1.05. The quantitative estimate of drug-likeness (QED) is 0.0957. The summed E-state index contributed by atoms with van der Waals surface area (Å²) in [6, 6.07) is 31.1. The van der Waals surface area contributed by atoms with Crippen molar-refractivity contribution in [2.45, 2.75) is 19.3 Å². The fraction of sp³-hybridized carbons (Fsp3) is 0.0667. The Labute approximate surface area is 313 Å². The molecule has 0 aliphatic carbocycles. The Hall–Kier alpha value is -6.36. The Morgan fingerprint density at radius 3 is 1.05 bits per heavy atom. The molecule has 7 aromatic carbocycles. The molecule has 1 aliphatic heterocycles. The summed E-state index contributed by atoms with van der Waals surface area (Å²) in [7, 11) is 0. The fourth-order valence-electron chi connectivity index (χ4n) is 7.52. The van der Waals surface area contributed by atoms with Crippen LogP contribution in [-0.2, 0) is 5.41 Å². The minimum atomic E-state index is -2.27. The van der Waals surface area contributed by atoms with E-state index in [4.69, 9.17) is 0 Å². The van der Waals surface area contributed by atoms with Crippen LogP contribution in [0.15, 0.2) is 115 Å². The number of rotatable bonds is 5. The molecule has 11 heteroatoms. The van der Waals surface area contributed by atoms with Crippen LogP contribution in [0.4, 0.5) is 61.0 Å². The van der Waals surface area contributed by atoms with Gasteiger partial charge in [0.05, 0.1) is 22.5 Å². The second kappa shape index (κ2) is 13.4. The number of hydrogen-bond donors (Lipinski definition) is 0. The Morgan fingerprint density at radius 2 is 0.679 bits per heavy atom. The highest BCUT2D eigenvalue weighted by Crippen LogP contribution is 2.54. The van der Waals surface area contributed by atoms with Gasteiger partial charge in [-0.3, -0.25) is 0 Å². The summed E-state index contributed by atoms with van der Waals surface area (Å²) in [6.45, 7) is 3.79. The highest BCUT2D eigenvalue weighted by atomic mass is 19.2. The zero-order valence-electron chi connectivity index (χ0n) is 29.2. The number of fused-ring (bicyclic) bond motifs is 2. The number of benzene rings is 7. The van der Waals surface area contributed by atoms with Gasteiger partial charge >= 0.3 is 0 Å². The lowest BCUT2D eigenvalue weighted by Crippen LogP contribution is -2.30. The molecule has 1 aliphatic rings. The van der Waals surface area contributed by atoms with Gasteiger partial charge in [-0.05, 0) is 80.9 Å². The smallest absolute Gasteiger partial charge is 0.200 e. The van der Waals surface area contributed by atoms with Gasteiger partial charge in [-0.25, -0.2) is 43.9 Å². The highest BCUT2D eigenvalue weighted by molar-refractivity contribution is 5.92. The standard InChI is InChI=1S/C45H25F10N/c1-45(2)29-20-22(25-12-6-8-14-27(25)33-35(46)39(50)43(54)40(51)36(33)47)16-18-31(29)56(24-10-4-3-5-11-24)32-19-17-23(21-30(32)45)26-13-7-9-15-28(26)34-37(48)41(52)44(55)42(53)38(34)49/h3-21H,1-2H3. The van der Waals surface area contributed by atoms with Crippen molar-refractivity contribution in [3.05, 3.63) is 185 Å². The van der Waals surface area contributed by atoms with Crippen LogP contribution in [0.2, 0.25) is 0 Å². The van der Waals surface area contributed by atoms with Gasteiger partial charge in [-0.15, -0.1) is 0 Å². The van der Waals surface area contributed by atoms with Crippen LogP contribution < -0.4 is 4.90 Å². The van der Waals surface area contributed by atoms with Crippen molar-refractivity contribution in [3.8, 4) is 44.5 Å². The number of anilines is 3. The van der Waals surface area contributed by atoms with E-state index in [1.54, 1.807) is 48.5 Å². The molecular formula is C45H25F10N. The topological polar surface area (TPSA) is 3.24 Å². The lowest BCUT2D eigenvalue weighted by atomic mass is 9.72. The van der Waals surface area contributed by atoms with E-state index in [1.165, 1.54) is 36.4 Å². The molecule has 0 saturated carbocycles. The molecule has 1 nitrogen and oxygen atoms in total. The van der Waals surface area contributed by atoms with E-state index >= 15 is 17.6 Å². The molecule has 0 aromatic heterocycles. The van der Waals surface area contributed by atoms with E-state index in [-0.39, 0.29) is 22.3 Å². The number of hydrogen-bond acceptors (Lipinski definition) is 1. The predicted molar refractivity (Wildman–Crippen MR) is 195 cm³/mol. The van der Waals surface area contributed by atoms with Gasteiger partial charge in [-0.2, -0.15) is 0 Å². The summed E-state index contributed by atoms with van der Waals surface area (Å²) in [5, 5.41) is 0. The lowest BCUT2D eigenvalue weighted by Gasteiger charge is -2.42. The first-order valence-electron chi connectivity index (χ1n) is 17.1. The van der Waals surface area contributed by atoms with Crippen molar-refractivity contribution < 1.29 is 43.9 Å². The zero-order valence-corrected chi connectivity index (χ0v) is 29.2. The second-order valence-electron chi connectivity index (χ2n) is 13.7. The first kappa shape index (κ1) is 36.6. The average molecular weight is 770 g/mol. The van der Waals surface area contributed by atoms with Crippen molar-refractivity contribution in [2.75, 3.05) is 4.90 Å². The summed E-state index contributed by atoms with van der Waals surface area (Å²) in [4.78, 5) is 1.95. The molecule has 7 aromatic rings. The maximum atomic E-state index is 15.2. The van der Waals surface area contributed by atoms with E-state index in [0.29, 0.717) is 33.6 Å². The van der Waals surface area contributed by atoms with Crippen molar-refractivity contribution >= 4 is 17.1 Å². The molecule has 0 fully saturated rings. The van der Waals surface area contributed by atoms with Gasteiger partial charge < -0.3 is 4.90 Å². The van der Waals surface area contributed by atoms with Crippen LogP contribution in [0.5, 0.6) is 0 Å². The Balaban J connectivity index is 1.34. The number of halogens is 10. The minimum absolute atomic E-state index is 0.178. The summed E-state index contributed by atoms with van der Waals surface area (Å²) >= 11 is 0. The molecule has 0 unspecified atom stereocenters. The van der Waals surface area contributed by atoms with Gasteiger partial charge in [0.2, 0.25) is 11.6 Å². The third-order valence-corrected chi connectivity index (χ3v) is 10.3.